The molecule has 0 aliphatic heterocycles. The Morgan fingerprint density at radius 3 is 2.21 bits per heavy atom. The molecule has 0 radical (unpaired) electrons. The van der Waals surface area contributed by atoms with E-state index in [4.69, 9.17) is 18.9 Å². The van der Waals surface area contributed by atoms with E-state index in [1.165, 1.54) is 26.2 Å². The van der Waals surface area contributed by atoms with E-state index in [9.17, 15) is 19.2 Å². The Morgan fingerprint density at radius 2 is 1.59 bits per heavy atom. The first kappa shape index (κ1) is 31.1. The minimum atomic E-state index is -1.32. The standard InChI is InChI=1S/C28H37N3O8/c1-8-17(5)15-30-26(33)23-13-12-20(22-14-19(36-7)10-11-21(22)25(32)29-9-2)24(31-23)27(34)38-18(6)39-28(35)37-16(3)4/h10-14,16-18H,8-9,15H2,1-7H3,(H,29,32)(H,30,33). The summed E-state index contributed by atoms with van der Waals surface area (Å²) in [5.41, 5.74) is 0.531. The number of esters is 1. The Hall–Kier alpha value is -4.15. The zero-order chi connectivity index (χ0) is 29.1. The normalized spacial score (nSPS) is 12.2. The van der Waals surface area contributed by atoms with E-state index >= 15 is 0 Å². The minimum absolute atomic E-state index is 0.0238. The molecule has 0 saturated heterocycles. The molecule has 11 heteroatoms. The fourth-order valence-electron chi connectivity index (χ4n) is 3.37. The van der Waals surface area contributed by atoms with Crippen LogP contribution in [0, 0.1) is 5.92 Å². The Balaban J connectivity index is 2.55. The van der Waals surface area contributed by atoms with E-state index in [1.807, 2.05) is 13.8 Å². The van der Waals surface area contributed by atoms with E-state index in [0.717, 1.165) is 6.42 Å². The molecule has 2 rings (SSSR count). The second-order valence-corrected chi connectivity index (χ2v) is 9.09. The number of rotatable bonds is 12. The molecule has 0 saturated carbocycles. The van der Waals surface area contributed by atoms with Crippen LogP contribution in [0.2, 0.25) is 0 Å². The highest BCUT2D eigenvalue weighted by atomic mass is 16.8. The number of amides is 2. The van der Waals surface area contributed by atoms with Crippen molar-refractivity contribution in [3.63, 3.8) is 0 Å². The fourth-order valence-corrected chi connectivity index (χ4v) is 3.37. The molecule has 2 aromatic rings. The number of aromatic nitrogens is 1. The molecule has 39 heavy (non-hydrogen) atoms. The van der Waals surface area contributed by atoms with E-state index in [-0.39, 0.29) is 34.3 Å². The van der Waals surface area contributed by atoms with Gasteiger partial charge in [0.15, 0.2) is 5.69 Å². The van der Waals surface area contributed by atoms with Gasteiger partial charge < -0.3 is 29.6 Å². The van der Waals surface area contributed by atoms with Crippen LogP contribution in [0.3, 0.4) is 0 Å². The first-order chi connectivity index (χ1) is 18.5. The lowest BCUT2D eigenvalue weighted by molar-refractivity contribution is -0.0868. The molecule has 1 aromatic carbocycles. The third kappa shape index (κ3) is 8.98. The van der Waals surface area contributed by atoms with E-state index in [0.29, 0.717) is 24.4 Å². The van der Waals surface area contributed by atoms with Crippen LogP contribution in [0.5, 0.6) is 5.75 Å². The number of pyridine rings is 1. The maximum Gasteiger partial charge on any atom is 0.511 e. The van der Waals surface area contributed by atoms with Gasteiger partial charge in [0.1, 0.15) is 11.4 Å². The number of benzene rings is 1. The summed E-state index contributed by atoms with van der Waals surface area (Å²) in [6.45, 7) is 11.2. The van der Waals surface area contributed by atoms with Crippen LogP contribution in [-0.2, 0) is 14.2 Å². The van der Waals surface area contributed by atoms with Crippen LogP contribution in [0.25, 0.3) is 11.1 Å². The molecule has 0 spiro atoms. The summed E-state index contributed by atoms with van der Waals surface area (Å²) in [4.78, 5) is 55.1. The first-order valence-corrected chi connectivity index (χ1v) is 12.8. The lowest BCUT2D eigenvalue weighted by Crippen LogP contribution is -2.30. The zero-order valence-corrected chi connectivity index (χ0v) is 23.5. The Kier molecular flexibility index (Phi) is 11.7. The highest BCUT2D eigenvalue weighted by molar-refractivity contribution is 6.05. The van der Waals surface area contributed by atoms with Gasteiger partial charge in [0.05, 0.1) is 13.2 Å². The summed E-state index contributed by atoms with van der Waals surface area (Å²) in [6.07, 6.45) is -1.89. The minimum Gasteiger partial charge on any atom is -0.497 e. The quantitative estimate of drug-likeness (QED) is 0.295. The monoisotopic (exact) mass is 543 g/mol. The number of carbonyl (C=O) groups excluding carboxylic acids is 4. The first-order valence-electron chi connectivity index (χ1n) is 12.8. The molecule has 1 aromatic heterocycles. The van der Waals surface area contributed by atoms with Gasteiger partial charge >= 0.3 is 12.1 Å². The third-order valence-electron chi connectivity index (χ3n) is 5.60. The average molecular weight is 544 g/mol. The fraction of sp³-hybridized carbons (Fsp3) is 0.464. The van der Waals surface area contributed by atoms with Crippen LogP contribution in [-0.4, -0.2) is 61.5 Å². The molecule has 2 atom stereocenters. The molecule has 2 amide bonds. The van der Waals surface area contributed by atoms with Gasteiger partial charge in [0.2, 0.25) is 6.29 Å². The van der Waals surface area contributed by atoms with Crippen molar-refractivity contribution in [2.45, 2.75) is 60.4 Å². The Bertz CT molecular complexity index is 1180. The smallest absolute Gasteiger partial charge is 0.497 e. The molecule has 2 unspecified atom stereocenters. The van der Waals surface area contributed by atoms with Crippen molar-refractivity contribution in [2.75, 3.05) is 20.2 Å². The van der Waals surface area contributed by atoms with Crippen molar-refractivity contribution in [1.82, 2.24) is 15.6 Å². The van der Waals surface area contributed by atoms with Crippen molar-refractivity contribution < 1.29 is 38.1 Å². The van der Waals surface area contributed by atoms with Crippen LogP contribution in [0.4, 0.5) is 4.79 Å². The summed E-state index contributed by atoms with van der Waals surface area (Å²) in [6, 6.07) is 7.74. The van der Waals surface area contributed by atoms with Crippen molar-refractivity contribution in [3.05, 3.63) is 47.3 Å². The number of nitrogens with zero attached hydrogens (tertiary/aromatic N) is 1. The van der Waals surface area contributed by atoms with Gasteiger partial charge in [-0.2, -0.15) is 0 Å². The molecule has 0 bridgehead atoms. The summed E-state index contributed by atoms with van der Waals surface area (Å²) in [5, 5.41) is 5.54. The number of hydrogen-bond donors (Lipinski definition) is 2. The molecule has 0 aliphatic rings. The van der Waals surface area contributed by atoms with E-state index < -0.39 is 30.4 Å². The second kappa shape index (κ2) is 14.7. The van der Waals surface area contributed by atoms with Crippen molar-refractivity contribution in [3.8, 4) is 16.9 Å². The second-order valence-electron chi connectivity index (χ2n) is 9.09. The lowest BCUT2D eigenvalue weighted by Gasteiger charge is -2.18. The zero-order valence-electron chi connectivity index (χ0n) is 23.5. The van der Waals surface area contributed by atoms with Gasteiger partial charge in [-0.3, -0.25) is 9.59 Å². The SMILES string of the molecule is CCNC(=O)c1ccc(OC)cc1-c1ccc(C(=O)NCC(C)CC)nc1C(=O)OC(C)OC(=O)OC(C)C. The van der Waals surface area contributed by atoms with Crippen LogP contribution in [0.15, 0.2) is 30.3 Å². The van der Waals surface area contributed by atoms with Gasteiger partial charge in [0.25, 0.3) is 11.8 Å². The molecule has 1 heterocycles. The Labute approximate surface area is 228 Å². The predicted molar refractivity (Wildman–Crippen MR) is 144 cm³/mol. The number of methoxy groups -OCH3 is 1. The average Bonchev–Trinajstić information content (AvgIpc) is 2.90. The molecular weight excluding hydrogens is 506 g/mol. The number of hydrogen-bond acceptors (Lipinski definition) is 9. The van der Waals surface area contributed by atoms with Crippen molar-refractivity contribution in [1.29, 1.82) is 0 Å². The van der Waals surface area contributed by atoms with Gasteiger partial charge in [-0.05, 0) is 57.0 Å². The van der Waals surface area contributed by atoms with Gasteiger partial charge in [-0.15, -0.1) is 0 Å². The number of nitrogens with one attached hydrogen (secondary N) is 2. The molecule has 11 nitrogen and oxygen atoms in total. The predicted octanol–water partition coefficient (Wildman–Crippen LogP) is 4.35. The van der Waals surface area contributed by atoms with Crippen molar-refractivity contribution in [2.24, 2.45) is 5.92 Å². The topological polar surface area (TPSA) is 142 Å². The number of carbonyl (C=O) groups is 4. The summed E-state index contributed by atoms with van der Waals surface area (Å²) < 4.78 is 20.6. The number of ether oxygens (including phenoxy) is 4. The highest BCUT2D eigenvalue weighted by Gasteiger charge is 2.26. The molecule has 2 N–H and O–H groups in total. The largest absolute Gasteiger partial charge is 0.511 e. The van der Waals surface area contributed by atoms with E-state index in [2.05, 4.69) is 15.6 Å². The lowest BCUT2D eigenvalue weighted by atomic mass is 9.96. The third-order valence-corrected chi connectivity index (χ3v) is 5.60. The molecule has 0 fully saturated rings. The van der Waals surface area contributed by atoms with Crippen LogP contribution in [0.1, 0.15) is 79.3 Å². The summed E-state index contributed by atoms with van der Waals surface area (Å²) in [7, 11) is 1.47. The Morgan fingerprint density at radius 1 is 0.872 bits per heavy atom. The van der Waals surface area contributed by atoms with Gasteiger partial charge in [-0.1, -0.05) is 20.3 Å². The summed E-state index contributed by atoms with van der Waals surface area (Å²) >= 11 is 0. The van der Waals surface area contributed by atoms with Gasteiger partial charge in [0, 0.05) is 36.7 Å². The van der Waals surface area contributed by atoms with Crippen molar-refractivity contribution >= 4 is 23.9 Å². The van der Waals surface area contributed by atoms with Gasteiger partial charge in [-0.25, -0.2) is 14.6 Å². The molecular formula is C28H37N3O8. The maximum absolute atomic E-state index is 13.3. The van der Waals surface area contributed by atoms with E-state index in [1.54, 1.807) is 39.0 Å². The van der Waals surface area contributed by atoms with Crippen LogP contribution >= 0.6 is 0 Å². The molecule has 212 valence electrons. The highest BCUT2D eigenvalue weighted by Crippen LogP contribution is 2.31. The van der Waals surface area contributed by atoms with Crippen LogP contribution < -0.4 is 15.4 Å². The maximum atomic E-state index is 13.3. The molecule has 0 aliphatic carbocycles. The summed E-state index contributed by atoms with van der Waals surface area (Å²) in [5.74, 6) is -1.15.